The molecular weight excluding hydrogens is 342 g/mol. The van der Waals surface area contributed by atoms with E-state index in [2.05, 4.69) is 20.6 Å². The molecule has 0 aliphatic carbocycles. The van der Waals surface area contributed by atoms with Gasteiger partial charge in [0.2, 0.25) is 5.91 Å². The highest BCUT2D eigenvalue weighted by molar-refractivity contribution is 5.74. The van der Waals surface area contributed by atoms with Crippen molar-refractivity contribution in [1.29, 1.82) is 0 Å². The minimum atomic E-state index is 0.116. The lowest BCUT2D eigenvalue weighted by Crippen LogP contribution is -2.35. The molecule has 2 aliphatic rings. The summed E-state index contributed by atoms with van der Waals surface area (Å²) < 4.78 is 7.75. The van der Waals surface area contributed by atoms with Gasteiger partial charge >= 0.3 is 0 Å². The number of rotatable bonds is 3. The molecule has 0 radical (unpaired) electrons. The minimum Gasteiger partial charge on any atom is -0.381 e. The van der Waals surface area contributed by atoms with Gasteiger partial charge in [0.25, 0.3) is 0 Å². The molecule has 2 aromatic rings. The van der Waals surface area contributed by atoms with Crippen molar-refractivity contribution in [3.8, 4) is 0 Å². The van der Waals surface area contributed by atoms with Crippen molar-refractivity contribution in [2.45, 2.75) is 45.7 Å². The average Bonchev–Trinajstić information content (AvgIpc) is 3.07. The third-order valence-electron chi connectivity index (χ3n) is 5.65. The van der Waals surface area contributed by atoms with Crippen LogP contribution < -0.4 is 4.90 Å². The first kappa shape index (κ1) is 18.0. The zero-order valence-electron chi connectivity index (χ0n) is 16.3. The first-order chi connectivity index (χ1) is 13.0. The smallest absolute Gasteiger partial charge is 0.219 e. The second kappa shape index (κ2) is 7.31. The van der Waals surface area contributed by atoms with Crippen LogP contribution in [0.3, 0.4) is 0 Å². The van der Waals surface area contributed by atoms with E-state index in [-0.39, 0.29) is 5.91 Å². The fourth-order valence-corrected chi connectivity index (χ4v) is 3.98. The summed E-state index contributed by atoms with van der Waals surface area (Å²) in [4.78, 5) is 20.4. The molecule has 0 N–H and O–H groups in total. The predicted octanol–water partition coefficient (Wildman–Crippen LogP) is 2.61. The van der Waals surface area contributed by atoms with Gasteiger partial charge in [0.05, 0.1) is 24.5 Å². The lowest BCUT2D eigenvalue weighted by molar-refractivity contribution is -0.129. The molecule has 27 heavy (non-hydrogen) atoms. The van der Waals surface area contributed by atoms with Gasteiger partial charge in [-0.3, -0.25) is 14.5 Å². The lowest BCUT2D eigenvalue weighted by atomic mass is 10.0. The number of pyridine rings is 1. The van der Waals surface area contributed by atoms with E-state index in [1.807, 2.05) is 31.1 Å². The monoisotopic (exact) mass is 369 g/mol. The maximum Gasteiger partial charge on any atom is 0.219 e. The Balaban J connectivity index is 1.74. The number of fused-ring (bicyclic) bond motifs is 1. The van der Waals surface area contributed by atoms with Crippen LogP contribution in [0.2, 0.25) is 0 Å². The number of amides is 1. The Morgan fingerprint density at radius 1 is 1.30 bits per heavy atom. The van der Waals surface area contributed by atoms with Gasteiger partial charge in [0.1, 0.15) is 0 Å². The largest absolute Gasteiger partial charge is 0.381 e. The number of carbonyl (C=O) groups excluding carboxylic acids is 1. The molecule has 0 atom stereocenters. The normalized spacial score (nSPS) is 17.7. The summed E-state index contributed by atoms with van der Waals surface area (Å²) in [7, 11) is 2.02. The van der Waals surface area contributed by atoms with Gasteiger partial charge in [-0.1, -0.05) is 0 Å². The Kier molecular flexibility index (Phi) is 4.86. The molecule has 0 saturated carbocycles. The molecule has 7 nitrogen and oxygen atoms in total. The van der Waals surface area contributed by atoms with E-state index >= 15 is 0 Å². The first-order valence-electron chi connectivity index (χ1n) is 9.64. The van der Waals surface area contributed by atoms with Gasteiger partial charge in [0, 0.05) is 57.1 Å². The summed E-state index contributed by atoms with van der Waals surface area (Å²) in [6, 6.07) is 4.44. The Morgan fingerprint density at radius 2 is 2.07 bits per heavy atom. The van der Waals surface area contributed by atoms with Crippen LogP contribution in [-0.4, -0.2) is 52.4 Å². The van der Waals surface area contributed by atoms with Gasteiger partial charge in [-0.05, 0) is 31.9 Å². The Labute approximate surface area is 159 Å². The van der Waals surface area contributed by atoms with Crippen LogP contribution >= 0.6 is 0 Å². The zero-order chi connectivity index (χ0) is 19.0. The van der Waals surface area contributed by atoms with Crippen LogP contribution in [0.15, 0.2) is 18.3 Å². The summed E-state index contributed by atoms with van der Waals surface area (Å²) in [6.45, 7) is 6.56. The Morgan fingerprint density at radius 3 is 2.74 bits per heavy atom. The highest BCUT2D eigenvalue weighted by Crippen LogP contribution is 2.35. The van der Waals surface area contributed by atoms with Crippen molar-refractivity contribution in [2.24, 2.45) is 0 Å². The number of carbonyl (C=O) groups is 1. The Bertz CT molecular complexity index is 824. The minimum absolute atomic E-state index is 0.116. The van der Waals surface area contributed by atoms with Crippen molar-refractivity contribution < 1.29 is 9.53 Å². The van der Waals surface area contributed by atoms with Crippen molar-refractivity contribution >= 4 is 17.4 Å². The molecule has 1 amide bonds. The van der Waals surface area contributed by atoms with Gasteiger partial charge < -0.3 is 14.5 Å². The summed E-state index contributed by atoms with van der Waals surface area (Å²) in [6.07, 6.45) is 4.69. The fourth-order valence-electron chi connectivity index (χ4n) is 3.98. The van der Waals surface area contributed by atoms with Crippen molar-refractivity contribution in [3.63, 3.8) is 0 Å². The van der Waals surface area contributed by atoms with E-state index in [0.717, 1.165) is 61.8 Å². The molecule has 7 heteroatoms. The number of hydrogen-bond donors (Lipinski definition) is 0. The molecular formula is C20H27N5O2. The molecule has 0 aromatic carbocycles. The first-order valence-corrected chi connectivity index (χ1v) is 9.64. The van der Waals surface area contributed by atoms with Crippen LogP contribution in [0, 0.1) is 6.92 Å². The third kappa shape index (κ3) is 3.43. The highest BCUT2D eigenvalue weighted by Gasteiger charge is 2.31. The molecule has 0 bridgehead atoms. The topological polar surface area (TPSA) is 63.5 Å². The summed E-state index contributed by atoms with van der Waals surface area (Å²) in [5.41, 5.74) is 4.41. The Hall–Kier alpha value is -2.41. The van der Waals surface area contributed by atoms with Crippen LogP contribution in [0.4, 0.5) is 11.5 Å². The van der Waals surface area contributed by atoms with Crippen molar-refractivity contribution in [2.75, 3.05) is 31.7 Å². The van der Waals surface area contributed by atoms with E-state index in [1.165, 1.54) is 5.69 Å². The molecule has 2 aliphatic heterocycles. The lowest BCUT2D eigenvalue weighted by Gasteiger charge is -2.29. The average molecular weight is 369 g/mol. The molecule has 2 aromatic heterocycles. The molecule has 0 spiro atoms. The van der Waals surface area contributed by atoms with Crippen LogP contribution in [0.1, 0.15) is 42.8 Å². The van der Waals surface area contributed by atoms with Gasteiger partial charge in [-0.2, -0.15) is 5.10 Å². The maximum atomic E-state index is 12.0. The maximum absolute atomic E-state index is 12.0. The number of hydrogen-bond acceptors (Lipinski definition) is 5. The molecule has 4 rings (SSSR count). The van der Waals surface area contributed by atoms with Crippen molar-refractivity contribution in [3.05, 3.63) is 35.3 Å². The van der Waals surface area contributed by atoms with E-state index in [9.17, 15) is 4.79 Å². The molecule has 1 saturated heterocycles. The molecule has 1 fully saturated rings. The second-order valence-electron chi connectivity index (χ2n) is 7.44. The van der Waals surface area contributed by atoms with Crippen LogP contribution in [-0.2, 0) is 22.5 Å². The SMILES string of the molecule is CC(=O)N1CCc2c(c(N(C)c3ccc(C)nc3)nn2C2CCOCC2)C1. The second-order valence-corrected chi connectivity index (χ2v) is 7.44. The van der Waals surface area contributed by atoms with Crippen molar-refractivity contribution in [1.82, 2.24) is 19.7 Å². The molecule has 4 heterocycles. The summed E-state index contributed by atoms with van der Waals surface area (Å²) in [5.74, 6) is 1.04. The van der Waals surface area contributed by atoms with E-state index in [1.54, 1.807) is 6.92 Å². The fraction of sp³-hybridized carbons (Fsp3) is 0.550. The van der Waals surface area contributed by atoms with E-state index in [4.69, 9.17) is 9.84 Å². The van der Waals surface area contributed by atoms with Crippen LogP contribution in [0.5, 0.6) is 0 Å². The summed E-state index contributed by atoms with van der Waals surface area (Å²) >= 11 is 0. The molecule has 0 unspecified atom stereocenters. The van der Waals surface area contributed by atoms with Crippen LogP contribution in [0.25, 0.3) is 0 Å². The van der Waals surface area contributed by atoms with E-state index < -0.39 is 0 Å². The predicted molar refractivity (Wildman–Crippen MR) is 103 cm³/mol. The quantitative estimate of drug-likeness (QED) is 0.832. The zero-order valence-corrected chi connectivity index (χ0v) is 16.3. The van der Waals surface area contributed by atoms with Gasteiger partial charge in [-0.15, -0.1) is 0 Å². The number of ether oxygens (including phenoxy) is 1. The highest BCUT2D eigenvalue weighted by atomic mass is 16.5. The number of aryl methyl sites for hydroxylation is 1. The molecule has 144 valence electrons. The van der Waals surface area contributed by atoms with E-state index in [0.29, 0.717) is 12.6 Å². The standard InChI is InChI=1S/C20H27N5O2/c1-14-4-5-17(12-21-14)23(3)20-18-13-24(15(2)26)9-6-19(18)25(22-20)16-7-10-27-11-8-16/h4-5,12,16H,6-11,13H2,1-3H3. The number of anilines is 2. The van der Waals surface area contributed by atoms with Gasteiger partial charge in [0.15, 0.2) is 5.82 Å². The number of aromatic nitrogens is 3. The third-order valence-corrected chi connectivity index (χ3v) is 5.65. The summed E-state index contributed by atoms with van der Waals surface area (Å²) in [5, 5.41) is 5.03. The number of nitrogens with zero attached hydrogens (tertiary/aromatic N) is 5. The van der Waals surface area contributed by atoms with Gasteiger partial charge in [-0.25, -0.2) is 0 Å².